The predicted octanol–water partition coefficient (Wildman–Crippen LogP) is -1.98. The molecule has 102 valence electrons. The second-order valence-corrected chi connectivity index (χ2v) is 4.32. The van der Waals surface area contributed by atoms with Crippen LogP contribution in [0.1, 0.15) is 6.23 Å². The first-order valence-corrected chi connectivity index (χ1v) is 5.69. The van der Waals surface area contributed by atoms with Gasteiger partial charge in [0.15, 0.2) is 11.9 Å². The van der Waals surface area contributed by atoms with E-state index in [1.54, 1.807) is 0 Å². The van der Waals surface area contributed by atoms with Crippen molar-refractivity contribution in [2.75, 3.05) is 12.3 Å². The van der Waals surface area contributed by atoms with Gasteiger partial charge in [0.1, 0.15) is 23.8 Å². The van der Waals surface area contributed by atoms with Crippen molar-refractivity contribution in [3.05, 3.63) is 12.5 Å². The number of nitrogens with two attached hydrogens (primary N) is 1. The minimum Gasteiger partial charge on any atom is -0.394 e. The third kappa shape index (κ3) is 1.83. The Labute approximate surface area is 107 Å². The molecule has 5 N–H and O–H groups in total. The topological polar surface area (TPSA) is 140 Å². The van der Waals surface area contributed by atoms with Crippen LogP contribution in [0.3, 0.4) is 0 Å². The molecule has 9 heteroatoms. The van der Waals surface area contributed by atoms with E-state index >= 15 is 0 Å². The maximum atomic E-state index is 9.95. The summed E-state index contributed by atoms with van der Waals surface area (Å²) in [6.07, 6.45) is -1.23. The minimum atomic E-state index is -1.19. The highest BCUT2D eigenvalue weighted by Crippen LogP contribution is 2.31. The molecule has 0 saturated carbocycles. The number of aliphatic hydroxyl groups is 3. The fourth-order valence-electron chi connectivity index (χ4n) is 2.14. The standard InChI is InChI=1S/C10H13N5O4/c11-10-12-1-4-8(14-10)15(3-13-4)9-7(18)6(17)5(2-16)19-9/h1,3,5-7,9,16-18H,2H2,(H2,11,12,14)/t5-,6+,7-,9-/m1/s1. The molecule has 0 spiro atoms. The molecule has 3 rings (SSSR count). The summed E-state index contributed by atoms with van der Waals surface area (Å²) < 4.78 is 6.85. The predicted molar refractivity (Wildman–Crippen MR) is 62.7 cm³/mol. The Hall–Kier alpha value is -1.81. The van der Waals surface area contributed by atoms with Gasteiger partial charge < -0.3 is 25.8 Å². The van der Waals surface area contributed by atoms with E-state index in [0.29, 0.717) is 11.2 Å². The van der Waals surface area contributed by atoms with Gasteiger partial charge in [-0.3, -0.25) is 4.57 Å². The first kappa shape index (κ1) is 12.2. The molecule has 0 bridgehead atoms. The van der Waals surface area contributed by atoms with Gasteiger partial charge in [-0.05, 0) is 0 Å². The number of aromatic nitrogens is 4. The number of aliphatic hydroxyl groups excluding tert-OH is 3. The lowest BCUT2D eigenvalue weighted by atomic mass is 10.1. The zero-order chi connectivity index (χ0) is 13.6. The fraction of sp³-hybridized carbons (Fsp3) is 0.500. The van der Waals surface area contributed by atoms with Crippen LogP contribution in [0.25, 0.3) is 11.2 Å². The van der Waals surface area contributed by atoms with Crippen LogP contribution in [-0.4, -0.2) is 59.8 Å². The number of anilines is 1. The molecule has 1 saturated heterocycles. The Morgan fingerprint density at radius 2 is 2.11 bits per heavy atom. The molecule has 0 aliphatic carbocycles. The molecule has 9 nitrogen and oxygen atoms in total. The number of hydrogen-bond donors (Lipinski definition) is 4. The molecule has 0 aromatic carbocycles. The first-order chi connectivity index (χ1) is 9.11. The summed E-state index contributed by atoms with van der Waals surface area (Å²) in [5.74, 6) is 0.0704. The number of fused-ring (bicyclic) bond motifs is 1. The number of ether oxygens (including phenoxy) is 1. The Morgan fingerprint density at radius 1 is 1.32 bits per heavy atom. The summed E-state index contributed by atoms with van der Waals surface area (Å²) in [6, 6.07) is 0. The van der Waals surface area contributed by atoms with Crippen molar-refractivity contribution in [3.8, 4) is 0 Å². The summed E-state index contributed by atoms with van der Waals surface area (Å²) in [5.41, 5.74) is 6.39. The molecule has 0 radical (unpaired) electrons. The van der Waals surface area contributed by atoms with Crippen molar-refractivity contribution in [2.45, 2.75) is 24.5 Å². The van der Waals surface area contributed by atoms with Crippen molar-refractivity contribution in [3.63, 3.8) is 0 Å². The highest BCUT2D eigenvalue weighted by Gasteiger charge is 2.43. The average molecular weight is 267 g/mol. The molecular formula is C10H13N5O4. The Kier molecular flexibility index (Phi) is 2.82. The van der Waals surface area contributed by atoms with Crippen LogP contribution in [0.5, 0.6) is 0 Å². The van der Waals surface area contributed by atoms with E-state index < -0.39 is 31.1 Å². The van der Waals surface area contributed by atoms with Crippen LogP contribution in [-0.2, 0) is 4.74 Å². The van der Waals surface area contributed by atoms with Crippen LogP contribution in [0.15, 0.2) is 12.5 Å². The van der Waals surface area contributed by atoms with Gasteiger partial charge in [-0.15, -0.1) is 0 Å². The molecular weight excluding hydrogens is 254 g/mol. The van der Waals surface area contributed by atoms with Crippen molar-refractivity contribution in [1.29, 1.82) is 0 Å². The summed E-state index contributed by atoms with van der Waals surface area (Å²) in [6.45, 7) is -0.390. The molecule has 1 fully saturated rings. The Bertz CT molecular complexity index is 603. The van der Waals surface area contributed by atoms with Crippen LogP contribution in [0, 0.1) is 0 Å². The SMILES string of the molecule is Nc1ncc2ncn([C@@H]3O[C@H](CO)[C@H](O)[C@H]3O)c2n1. The molecule has 0 unspecified atom stereocenters. The average Bonchev–Trinajstić information content (AvgIpc) is 2.92. The molecule has 0 amide bonds. The minimum absolute atomic E-state index is 0.0704. The van der Waals surface area contributed by atoms with Gasteiger partial charge in [0.2, 0.25) is 5.95 Å². The third-order valence-electron chi connectivity index (χ3n) is 3.13. The number of imidazole rings is 1. The zero-order valence-electron chi connectivity index (χ0n) is 9.79. The highest BCUT2D eigenvalue weighted by molar-refractivity contribution is 5.70. The van der Waals surface area contributed by atoms with Crippen molar-refractivity contribution in [1.82, 2.24) is 19.5 Å². The van der Waals surface area contributed by atoms with E-state index in [9.17, 15) is 10.2 Å². The number of nitrogens with zero attached hydrogens (tertiary/aromatic N) is 4. The second kappa shape index (κ2) is 4.38. The van der Waals surface area contributed by atoms with Crippen LogP contribution >= 0.6 is 0 Å². The Morgan fingerprint density at radius 3 is 2.79 bits per heavy atom. The highest BCUT2D eigenvalue weighted by atomic mass is 16.6. The fourth-order valence-corrected chi connectivity index (χ4v) is 2.14. The van der Waals surface area contributed by atoms with Crippen molar-refractivity contribution in [2.24, 2.45) is 0 Å². The lowest BCUT2D eigenvalue weighted by molar-refractivity contribution is -0.0511. The van der Waals surface area contributed by atoms with E-state index in [2.05, 4.69) is 15.0 Å². The quantitative estimate of drug-likeness (QED) is 0.491. The lowest BCUT2D eigenvalue weighted by Gasteiger charge is -2.16. The molecule has 2 aromatic heterocycles. The van der Waals surface area contributed by atoms with Crippen molar-refractivity contribution >= 4 is 17.1 Å². The van der Waals surface area contributed by atoms with Gasteiger partial charge in [-0.1, -0.05) is 0 Å². The van der Waals surface area contributed by atoms with E-state index in [0.717, 1.165) is 0 Å². The van der Waals surface area contributed by atoms with Gasteiger partial charge in [-0.2, -0.15) is 4.98 Å². The molecule has 1 aliphatic heterocycles. The zero-order valence-corrected chi connectivity index (χ0v) is 9.79. The molecule has 3 heterocycles. The molecule has 2 aromatic rings. The van der Waals surface area contributed by atoms with Gasteiger partial charge in [0, 0.05) is 0 Å². The molecule has 4 atom stereocenters. The number of rotatable bonds is 2. The third-order valence-corrected chi connectivity index (χ3v) is 3.13. The Balaban J connectivity index is 2.03. The normalized spacial score (nSPS) is 31.1. The van der Waals surface area contributed by atoms with Gasteiger partial charge >= 0.3 is 0 Å². The largest absolute Gasteiger partial charge is 0.394 e. The van der Waals surface area contributed by atoms with Gasteiger partial charge in [0.05, 0.1) is 19.1 Å². The van der Waals surface area contributed by atoms with E-state index in [1.165, 1.54) is 17.1 Å². The monoisotopic (exact) mass is 267 g/mol. The number of hydrogen-bond acceptors (Lipinski definition) is 8. The number of nitrogen functional groups attached to an aromatic ring is 1. The van der Waals surface area contributed by atoms with E-state index in [-0.39, 0.29) is 5.95 Å². The maximum absolute atomic E-state index is 9.95. The summed E-state index contributed by atoms with van der Waals surface area (Å²) in [7, 11) is 0. The maximum Gasteiger partial charge on any atom is 0.222 e. The van der Waals surface area contributed by atoms with Gasteiger partial charge in [0.25, 0.3) is 0 Å². The van der Waals surface area contributed by atoms with E-state index in [4.69, 9.17) is 15.6 Å². The van der Waals surface area contributed by atoms with E-state index in [1.807, 2.05) is 0 Å². The summed E-state index contributed by atoms with van der Waals surface area (Å²) in [5, 5.41) is 28.7. The smallest absolute Gasteiger partial charge is 0.222 e. The molecule has 19 heavy (non-hydrogen) atoms. The van der Waals surface area contributed by atoms with Crippen LogP contribution < -0.4 is 5.73 Å². The van der Waals surface area contributed by atoms with Gasteiger partial charge in [-0.25, -0.2) is 9.97 Å². The molecule has 1 aliphatic rings. The first-order valence-electron chi connectivity index (χ1n) is 5.69. The van der Waals surface area contributed by atoms with Crippen LogP contribution in [0.4, 0.5) is 5.95 Å². The van der Waals surface area contributed by atoms with Crippen LogP contribution in [0.2, 0.25) is 0 Å². The summed E-state index contributed by atoms with van der Waals surface area (Å²) >= 11 is 0. The second-order valence-electron chi connectivity index (χ2n) is 4.32. The summed E-state index contributed by atoms with van der Waals surface area (Å²) in [4.78, 5) is 11.9. The lowest BCUT2D eigenvalue weighted by Crippen LogP contribution is -2.33. The van der Waals surface area contributed by atoms with Crippen molar-refractivity contribution < 1.29 is 20.1 Å².